The lowest BCUT2D eigenvalue weighted by Gasteiger charge is -2.07. The van der Waals surface area contributed by atoms with Gasteiger partial charge in [-0.25, -0.2) is 4.79 Å². The molecule has 0 saturated heterocycles. The van der Waals surface area contributed by atoms with Crippen LogP contribution in [0.25, 0.3) is 11.1 Å². The van der Waals surface area contributed by atoms with E-state index in [1.165, 1.54) is 0 Å². The molecule has 20 heavy (non-hydrogen) atoms. The smallest absolute Gasteiger partial charge is 0.318 e. The molecule has 0 fully saturated rings. The first-order chi connectivity index (χ1) is 9.65. The zero-order valence-corrected chi connectivity index (χ0v) is 10.8. The number of nitrogens with one attached hydrogen (secondary N) is 2. The molecule has 2 aromatic rings. The number of anilines is 1. The topological polar surface area (TPSA) is 84.2 Å². The second-order valence-electron chi connectivity index (χ2n) is 4.21. The Kier molecular flexibility index (Phi) is 4.34. The average Bonchev–Trinajstić information content (AvgIpc) is 2.46. The Morgan fingerprint density at radius 3 is 2.10 bits per heavy atom. The Morgan fingerprint density at radius 2 is 1.50 bits per heavy atom. The van der Waals surface area contributed by atoms with E-state index >= 15 is 0 Å². The van der Waals surface area contributed by atoms with Crippen molar-refractivity contribution in [3.63, 3.8) is 0 Å². The zero-order valence-electron chi connectivity index (χ0n) is 10.8. The molecule has 0 spiro atoms. The maximum absolute atomic E-state index is 11.2. The number of primary amides is 1. The van der Waals surface area contributed by atoms with Gasteiger partial charge in [-0.15, -0.1) is 0 Å². The van der Waals surface area contributed by atoms with Crippen molar-refractivity contribution in [2.45, 2.75) is 0 Å². The molecule has 0 bridgehead atoms. The summed E-state index contributed by atoms with van der Waals surface area (Å²) in [5.41, 5.74) is 7.87. The first-order valence-corrected chi connectivity index (χ1v) is 6.14. The van der Waals surface area contributed by atoms with E-state index in [2.05, 4.69) is 5.32 Å². The van der Waals surface area contributed by atoms with Gasteiger partial charge in [-0.1, -0.05) is 42.5 Å². The minimum atomic E-state index is -0.851. The standard InChI is InChI=1S/C15H15N3O2/c16-15(20)18-14(19)10-17-13-8-6-12(7-9-13)11-4-2-1-3-5-11/h1-9,17H,10H2,(H3,16,18,19,20). The monoisotopic (exact) mass is 269 g/mol. The van der Waals surface area contributed by atoms with E-state index in [9.17, 15) is 9.59 Å². The molecule has 3 amide bonds. The van der Waals surface area contributed by atoms with Gasteiger partial charge in [-0.05, 0) is 23.3 Å². The summed E-state index contributed by atoms with van der Waals surface area (Å²) in [6, 6.07) is 16.8. The summed E-state index contributed by atoms with van der Waals surface area (Å²) >= 11 is 0. The molecule has 0 saturated carbocycles. The summed E-state index contributed by atoms with van der Waals surface area (Å²) in [5, 5.41) is 4.90. The first-order valence-electron chi connectivity index (χ1n) is 6.14. The van der Waals surface area contributed by atoms with Crippen LogP contribution in [0.1, 0.15) is 0 Å². The van der Waals surface area contributed by atoms with Gasteiger partial charge in [0.1, 0.15) is 0 Å². The number of nitrogens with two attached hydrogens (primary N) is 1. The summed E-state index contributed by atoms with van der Waals surface area (Å²) in [5.74, 6) is -0.468. The molecule has 0 aliphatic carbocycles. The SMILES string of the molecule is NC(=O)NC(=O)CNc1ccc(-c2ccccc2)cc1. The summed E-state index contributed by atoms with van der Waals surface area (Å²) in [6.45, 7) is -0.00633. The van der Waals surface area contributed by atoms with Crippen molar-refractivity contribution in [3.8, 4) is 11.1 Å². The van der Waals surface area contributed by atoms with Crippen molar-refractivity contribution in [3.05, 3.63) is 54.6 Å². The van der Waals surface area contributed by atoms with Gasteiger partial charge in [0.05, 0.1) is 6.54 Å². The highest BCUT2D eigenvalue weighted by molar-refractivity contribution is 5.95. The van der Waals surface area contributed by atoms with E-state index in [-0.39, 0.29) is 6.54 Å². The lowest BCUT2D eigenvalue weighted by molar-refractivity contribution is -0.118. The third-order valence-electron chi connectivity index (χ3n) is 2.71. The molecule has 0 aliphatic rings. The summed E-state index contributed by atoms with van der Waals surface area (Å²) in [6.07, 6.45) is 0. The van der Waals surface area contributed by atoms with Crippen molar-refractivity contribution in [1.29, 1.82) is 0 Å². The molecule has 0 aromatic heterocycles. The van der Waals surface area contributed by atoms with Crippen LogP contribution in [0, 0.1) is 0 Å². The van der Waals surface area contributed by atoms with Crippen LogP contribution in [0.3, 0.4) is 0 Å². The molecule has 0 unspecified atom stereocenters. The minimum absolute atomic E-state index is 0.00633. The highest BCUT2D eigenvalue weighted by atomic mass is 16.2. The Balaban J connectivity index is 1.95. The number of hydrogen-bond acceptors (Lipinski definition) is 3. The second-order valence-corrected chi connectivity index (χ2v) is 4.21. The molecule has 4 N–H and O–H groups in total. The van der Waals surface area contributed by atoms with Crippen molar-refractivity contribution in [2.24, 2.45) is 5.73 Å². The number of urea groups is 1. The van der Waals surface area contributed by atoms with Gasteiger partial charge in [0, 0.05) is 5.69 Å². The highest BCUT2D eigenvalue weighted by Crippen LogP contribution is 2.20. The molecule has 2 aromatic carbocycles. The van der Waals surface area contributed by atoms with E-state index in [1.807, 2.05) is 59.9 Å². The van der Waals surface area contributed by atoms with Crippen molar-refractivity contribution >= 4 is 17.6 Å². The van der Waals surface area contributed by atoms with Gasteiger partial charge < -0.3 is 11.1 Å². The fourth-order valence-corrected chi connectivity index (χ4v) is 1.78. The van der Waals surface area contributed by atoms with E-state index < -0.39 is 11.9 Å². The molecular formula is C15H15N3O2. The maximum Gasteiger partial charge on any atom is 0.318 e. The molecule has 0 heterocycles. The molecule has 5 heteroatoms. The summed E-state index contributed by atoms with van der Waals surface area (Å²) in [7, 11) is 0. The number of imide groups is 1. The van der Waals surface area contributed by atoms with Crippen molar-refractivity contribution in [2.75, 3.05) is 11.9 Å². The Hall–Kier alpha value is -2.82. The van der Waals surface area contributed by atoms with Crippen LogP contribution in [-0.4, -0.2) is 18.5 Å². The molecular weight excluding hydrogens is 254 g/mol. The van der Waals surface area contributed by atoms with Crippen LogP contribution < -0.4 is 16.4 Å². The molecule has 0 aliphatic heterocycles. The number of rotatable bonds is 4. The van der Waals surface area contributed by atoms with Crippen molar-refractivity contribution < 1.29 is 9.59 Å². The van der Waals surface area contributed by atoms with Gasteiger partial charge in [-0.2, -0.15) is 0 Å². The fraction of sp³-hybridized carbons (Fsp3) is 0.0667. The number of carbonyl (C=O) groups is 2. The predicted molar refractivity (Wildman–Crippen MR) is 78.1 cm³/mol. The van der Waals surface area contributed by atoms with Gasteiger partial charge in [-0.3, -0.25) is 10.1 Å². The Labute approximate surface area is 116 Å². The quantitative estimate of drug-likeness (QED) is 0.793. The summed E-state index contributed by atoms with van der Waals surface area (Å²) < 4.78 is 0. The normalized spacial score (nSPS) is 9.80. The zero-order chi connectivity index (χ0) is 14.4. The molecule has 2 rings (SSSR count). The fourth-order valence-electron chi connectivity index (χ4n) is 1.78. The molecule has 102 valence electrons. The van der Waals surface area contributed by atoms with Crippen LogP contribution >= 0.6 is 0 Å². The molecule has 0 radical (unpaired) electrons. The molecule has 5 nitrogen and oxygen atoms in total. The van der Waals surface area contributed by atoms with Crippen LogP contribution in [-0.2, 0) is 4.79 Å². The van der Waals surface area contributed by atoms with Gasteiger partial charge >= 0.3 is 6.03 Å². The van der Waals surface area contributed by atoms with Gasteiger partial charge in [0.15, 0.2) is 0 Å². The maximum atomic E-state index is 11.2. The number of hydrogen-bond donors (Lipinski definition) is 3. The van der Waals surface area contributed by atoms with Gasteiger partial charge in [0.2, 0.25) is 5.91 Å². The third-order valence-corrected chi connectivity index (χ3v) is 2.71. The largest absolute Gasteiger partial charge is 0.376 e. The minimum Gasteiger partial charge on any atom is -0.376 e. The predicted octanol–water partition coefficient (Wildman–Crippen LogP) is 1.96. The first kappa shape index (κ1) is 13.6. The van der Waals surface area contributed by atoms with E-state index in [1.54, 1.807) is 0 Å². The van der Waals surface area contributed by atoms with Crippen LogP contribution in [0.4, 0.5) is 10.5 Å². The highest BCUT2D eigenvalue weighted by Gasteiger charge is 2.03. The Bertz CT molecular complexity index is 594. The lowest BCUT2D eigenvalue weighted by Crippen LogP contribution is -2.38. The van der Waals surface area contributed by atoms with Gasteiger partial charge in [0.25, 0.3) is 0 Å². The number of amides is 3. The van der Waals surface area contributed by atoms with E-state index in [0.29, 0.717) is 0 Å². The number of carbonyl (C=O) groups excluding carboxylic acids is 2. The van der Waals surface area contributed by atoms with Crippen LogP contribution in [0.2, 0.25) is 0 Å². The lowest BCUT2D eigenvalue weighted by atomic mass is 10.1. The van der Waals surface area contributed by atoms with Crippen LogP contribution in [0.15, 0.2) is 54.6 Å². The van der Waals surface area contributed by atoms with E-state index in [4.69, 9.17) is 5.73 Å². The second kappa shape index (κ2) is 6.38. The number of benzene rings is 2. The average molecular weight is 269 g/mol. The Morgan fingerprint density at radius 1 is 0.900 bits per heavy atom. The van der Waals surface area contributed by atoms with Crippen LogP contribution in [0.5, 0.6) is 0 Å². The summed E-state index contributed by atoms with van der Waals surface area (Å²) in [4.78, 5) is 21.7. The van der Waals surface area contributed by atoms with E-state index in [0.717, 1.165) is 16.8 Å². The van der Waals surface area contributed by atoms with Crippen molar-refractivity contribution in [1.82, 2.24) is 5.32 Å². The molecule has 0 atom stereocenters. The third kappa shape index (κ3) is 3.84.